The molecule has 0 bridgehead atoms. The molecule has 20 heavy (non-hydrogen) atoms. The Kier molecular flexibility index (Phi) is 4.63. The molecule has 2 rings (SSSR count). The van der Waals surface area contributed by atoms with Gasteiger partial charge in [-0.15, -0.1) is 0 Å². The van der Waals surface area contributed by atoms with Crippen molar-refractivity contribution in [2.24, 2.45) is 5.92 Å². The van der Waals surface area contributed by atoms with Gasteiger partial charge in [-0.2, -0.15) is 0 Å². The number of rotatable bonds is 2. The van der Waals surface area contributed by atoms with Crippen LogP contribution in [0.4, 0.5) is 10.1 Å². The van der Waals surface area contributed by atoms with Crippen LogP contribution in [0.3, 0.4) is 0 Å². The topological polar surface area (TPSA) is 55.1 Å². The largest absolute Gasteiger partial charge is 0.398 e. The average Bonchev–Trinajstić information content (AvgIpc) is 2.60. The Morgan fingerprint density at radius 1 is 1.30 bits per heavy atom. The number of hydrogen-bond donors (Lipinski definition) is 2. The Bertz CT molecular complexity index is 478. The Balaban J connectivity index is 2.04. The van der Waals surface area contributed by atoms with Gasteiger partial charge in [0.2, 0.25) is 0 Å². The Hall–Kier alpha value is -1.58. The molecule has 1 aromatic rings. The molecule has 1 aliphatic carbocycles. The summed E-state index contributed by atoms with van der Waals surface area (Å²) in [6.45, 7) is 3.86. The lowest BCUT2D eigenvalue weighted by Crippen LogP contribution is -2.34. The lowest BCUT2D eigenvalue weighted by atomic mass is 10.0. The van der Waals surface area contributed by atoms with Gasteiger partial charge in [-0.05, 0) is 44.2 Å². The number of nitrogen functional groups attached to an aromatic ring is 1. The van der Waals surface area contributed by atoms with Crippen molar-refractivity contribution in [3.63, 3.8) is 0 Å². The summed E-state index contributed by atoms with van der Waals surface area (Å²) in [5, 5.41) is 3.01. The van der Waals surface area contributed by atoms with E-state index < -0.39 is 5.82 Å². The number of carbonyl (C=O) groups excluding carboxylic acids is 1. The molecule has 0 aromatic heterocycles. The van der Waals surface area contributed by atoms with Gasteiger partial charge in [-0.1, -0.05) is 19.8 Å². The summed E-state index contributed by atoms with van der Waals surface area (Å²) >= 11 is 0. The molecule has 0 radical (unpaired) electrons. The summed E-state index contributed by atoms with van der Waals surface area (Å²) in [5.74, 6) is 0.0733. The molecule has 1 aliphatic rings. The first kappa shape index (κ1) is 14.8. The summed E-state index contributed by atoms with van der Waals surface area (Å²) in [6.07, 6.45) is 5.49. The highest BCUT2D eigenvalue weighted by Gasteiger charge is 2.19. The number of benzene rings is 1. The van der Waals surface area contributed by atoms with E-state index >= 15 is 0 Å². The summed E-state index contributed by atoms with van der Waals surface area (Å²) in [4.78, 5) is 12.2. The van der Waals surface area contributed by atoms with Crippen LogP contribution >= 0.6 is 0 Å². The first-order valence-corrected chi connectivity index (χ1v) is 7.34. The zero-order valence-electron chi connectivity index (χ0n) is 12.2. The van der Waals surface area contributed by atoms with Crippen molar-refractivity contribution in [1.29, 1.82) is 0 Å². The number of carbonyl (C=O) groups is 1. The van der Waals surface area contributed by atoms with Crippen molar-refractivity contribution in [3.8, 4) is 0 Å². The molecular formula is C16H23FN2O. The van der Waals surface area contributed by atoms with Crippen molar-refractivity contribution >= 4 is 11.6 Å². The Labute approximate surface area is 119 Å². The fourth-order valence-electron chi connectivity index (χ4n) is 2.73. The lowest BCUT2D eigenvalue weighted by Gasteiger charge is -2.17. The highest BCUT2D eigenvalue weighted by atomic mass is 19.1. The van der Waals surface area contributed by atoms with Crippen molar-refractivity contribution in [1.82, 2.24) is 5.32 Å². The molecule has 2 atom stereocenters. The van der Waals surface area contributed by atoms with Gasteiger partial charge in [0.1, 0.15) is 5.82 Å². The molecule has 3 N–H and O–H groups in total. The van der Waals surface area contributed by atoms with Crippen LogP contribution < -0.4 is 11.1 Å². The van der Waals surface area contributed by atoms with Crippen LogP contribution in [0.15, 0.2) is 12.1 Å². The van der Waals surface area contributed by atoms with Gasteiger partial charge in [0, 0.05) is 22.9 Å². The fourth-order valence-corrected chi connectivity index (χ4v) is 2.73. The van der Waals surface area contributed by atoms with Crippen LogP contribution in [-0.4, -0.2) is 11.9 Å². The first-order valence-electron chi connectivity index (χ1n) is 7.34. The van der Waals surface area contributed by atoms with E-state index in [2.05, 4.69) is 12.2 Å². The predicted octanol–water partition coefficient (Wildman–Crippen LogP) is 3.41. The van der Waals surface area contributed by atoms with E-state index in [9.17, 15) is 9.18 Å². The average molecular weight is 278 g/mol. The molecular weight excluding hydrogens is 255 g/mol. The van der Waals surface area contributed by atoms with E-state index in [0.717, 1.165) is 31.6 Å². The Morgan fingerprint density at radius 3 is 2.75 bits per heavy atom. The van der Waals surface area contributed by atoms with Crippen molar-refractivity contribution < 1.29 is 9.18 Å². The van der Waals surface area contributed by atoms with E-state index in [0.29, 0.717) is 16.8 Å². The first-order chi connectivity index (χ1) is 9.47. The monoisotopic (exact) mass is 278 g/mol. The smallest absolute Gasteiger partial charge is 0.251 e. The fraction of sp³-hybridized carbons (Fsp3) is 0.562. The van der Waals surface area contributed by atoms with Crippen molar-refractivity contribution in [2.45, 2.75) is 52.0 Å². The number of nitrogens with two attached hydrogens (primary N) is 1. The van der Waals surface area contributed by atoms with E-state index in [4.69, 9.17) is 5.73 Å². The predicted molar refractivity (Wildman–Crippen MR) is 79.1 cm³/mol. The van der Waals surface area contributed by atoms with Crippen LogP contribution in [0.25, 0.3) is 0 Å². The number of anilines is 1. The van der Waals surface area contributed by atoms with Crippen LogP contribution in [0.1, 0.15) is 54.9 Å². The van der Waals surface area contributed by atoms with Gasteiger partial charge in [-0.3, -0.25) is 4.79 Å². The van der Waals surface area contributed by atoms with Crippen LogP contribution in [-0.2, 0) is 0 Å². The van der Waals surface area contributed by atoms with Gasteiger partial charge >= 0.3 is 0 Å². The molecule has 0 spiro atoms. The van der Waals surface area contributed by atoms with E-state index in [1.165, 1.54) is 12.5 Å². The second-order valence-corrected chi connectivity index (χ2v) is 5.96. The lowest BCUT2D eigenvalue weighted by molar-refractivity contribution is 0.0932. The zero-order valence-corrected chi connectivity index (χ0v) is 12.2. The SMILES string of the molecule is Cc1c(N)cc(C(=O)NC2CCCC(C)CC2)cc1F. The number of amides is 1. The molecule has 110 valence electrons. The molecule has 3 nitrogen and oxygen atoms in total. The molecule has 0 saturated heterocycles. The van der Waals surface area contributed by atoms with Gasteiger partial charge in [0.25, 0.3) is 5.91 Å². The second-order valence-electron chi connectivity index (χ2n) is 5.96. The van der Waals surface area contributed by atoms with E-state index in [-0.39, 0.29) is 11.9 Å². The summed E-state index contributed by atoms with van der Waals surface area (Å²) < 4.78 is 13.6. The van der Waals surface area contributed by atoms with Crippen molar-refractivity contribution in [2.75, 3.05) is 5.73 Å². The molecule has 1 amide bonds. The number of nitrogens with one attached hydrogen (secondary N) is 1. The normalized spacial score (nSPS) is 23.1. The quantitative estimate of drug-likeness (QED) is 0.643. The maximum atomic E-state index is 13.6. The van der Waals surface area contributed by atoms with Gasteiger partial charge in [0.15, 0.2) is 0 Å². The number of halogens is 1. The minimum atomic E-state index is -0.426. The molecule has 0 aliphatic heterocycles. The highest BCUT2D eigenvalue weighted by Crippen LogP contribution is 2.23. The van der Waals surface area contributed by atoms with Gasteiger partial charge in [-0.25, -0.2) is 4.39 Å². The van der Waals surface area contributed by atoms with Gasteiger partial charge in [0.05, 0.1) is 0 Å². The minimum Gasteiger partial charge on any atom is -0.398 e. The summed E-state index contributed by atoms with van der Waals surface area (Å²) in [6, 6.07) is 3.01. The maximum Gasteiger partial charge on any atom is 0.251 e. The van der Waals surface area contributed by atoms with Gasteiger partial charge < -0.3 is 11.1 Å². The molecule has 1 saturated carbocycles. The highest BCUT2D eigenvalue weighted by molar-refractivity contribution is 5.95. The van der Waals surface area contributed by atoms with Crippen molar-refractivity contribution in [3.05, 3.63) is 29.1 Å². The minimum absolute atomic E-state index is 0.193. The zero-order chi connectivity index (χ0) is 14.7. The summed E-state index contributed by atoms with van der Waals surface area (Å²) in [5.41, 5.74) is 6.74. The van der Waals surface area contributed by atoms with Crippen LogP contribution in [0.5, 0.6) is 0 Å². The van der Waals surface area contributed by atoms with Crippen LogP contribution in [0.2, 0.25) is 0 Å². The Morgan fingerprint density at radius 2 is 2.05 bits per heavy atom. The third-order valence-corrected chi connectivity index (χ3v) is 4.24. The number of hydrogen-bond acceptors (Lipinski definition) is 2. The molecule has 4 heteroatoms. The standard InChI is InChI=1S/C16H23FN2O/c1-10-4-3-5-13(7-6-10)19-16(20)12-8-14(17)11(2)15(18)9-12/h8-10,13H,3-7,18H2,1-2H3,(H,19,20). The summed E-state index contributed by atoms with van der Waals surface area (Å²) in [7, 11) is 0. The molecule has 0 heterocycles. The van der Waals surface area contributed by atoms with Crippen LogP contribution in [0, 0.1) is 18.7 Å². The molecule has 2 unspecified atom stereocenters. The van der Waals surface area contributed by atoms with E-state index in [1.54, 1.807) is 13.0 Å². The third-order valence-electron chi connectivity index (χ3n) is 4.24. The van der Waals surface area contributed by atoms with E-state index in [1.807, 2.05) is 0 Å². The molecule has 1 fully saturated rings. The third kappa shape index (κ3) is 3.50. The molecule has 1 aromatic carbocycles. The second kappa shape index (κ2) is 6.25. The maximum absolute atomic E-state index is 13.6.